The van der Waals surface area contributed by atoms with Crippen LogP contribution in [-0.4, -0.2) is 26.6 Å². The zero-order valence-corrected chi connectivity index (χ0v) is 10.2. The highest BCUT2D eigenvalue weighted by molar-refractivity contribution is 7.99. The number of nitrogens with zero attached hydrogens (tertiary/aromatic N) is 2. The molecule has 3 N–H and O–H groups in total. The zero-order chi connectivity index (χ0) is 11.4. The van der Waals surface area contributed by atoms with Crippen molar-refractivity contribution in [1.82, 2.24) is 14.8 Å². The molecule has 0 aliphatic carbocycles. The summed E-state index contributed by atoms with van der Waals surface area (Å²) in [7, 11) is 0. The lowest BCUT2D eigenvalue weighted by molar-refractivity contribution is 0.534. The highest BCUT2D eigenvalue weighted by Gasteiger charge is 2.12. The van der Waals surface area contributed by atoms with Gasteiger partial charge in [0.05, 0.1) is 0 Å². The molecule has 0 aliphatic heterocycles. The van der Waals surface area contributed by atoms with E-state index in [0.29, 0.717) is 12.5 Å². The van der Waals surface area contributed by atoms with E-state index in [1.807, 2.05) is 6.92 Å². The van der Waals surface area contributed by atoms with Crippen molar-refractivity contribution in [3.63, 3.8) is 0 Å². The Hall–Kier alpha value is -0.750. The number of thioether (sulfide) groups is 1. The van der Waals surface area contributed by atoms with Crippen LogP contribution >= 0.6 is 11.8 Å². The highest BCUT2D eigenvalue weighted by Crippen LogP contribution is 2.16. The van der Waals surface area contributed by atoms with Crippen molar-refractivity contribution >= 4 is 11.8 Å². The van der Waals surface area contributed by atoms with Gasteiger partial charge in [-0.15, -0.1) is 5.10 Å². The van der Waals surface area contributed by atoms with Gasteiger partial charge in [-0.25, -0.2) is 9.89 Å². The van der Waals surface area contributed by atoms with Gasteiger partial charge in [-0.2, -0.15) is 0 Å². The van der Waals surface area contributed by atoms with Crippen LogP contribution in [0.3, 0.4) is 0 Å². The van der Waals surface area contributed by atoms with E-state index in [4.69, 9.17) is 5.73 Å². The molecule has 0 aromatic carbocycles. The lowest BCUT2D eigenvalue weighted by Gasteiger charge is -2.14. The van der Waals surface area contributed by atoms with Gasteiger partial charge in [0.15, 0.2) is 5.16 Å². The number of rotatable bonds is 5. The van der Waals surface area contributed by atoms with Crippen LogP contribution < -0.4 is 11.4 Å². The fraction of sp³-hybridized carbons (Fsp3) is 0.778. The van der Waals surface area contributed by atoms with Crippen molar-refractivity contribution in [2.45, 2.75) is 38.5 Å². The maximum atomic E-state index is 11.2. The van der Waals surface area contributed by atoms with Gasteiger partial charge in [0.1, 0.15) is 0 Å². The van der Waals surface area contributed by atoms with Gasteiger partial charge in [-0.1, -0.05) is 25.6 Å². The maximum Gasteiger partial charge on any atom is 0.343 e. The number of H-pyrrole nitrogens is 1. The van der Waals surface area contributed by atoms with E-state index in [1.165, 1.54) is 11.8 Å². The summed E-state index contributed by atoms with van der Waals surface area (Å²) in [6, 6.07) is 0.132. The van der Waals surface area contributed by atoms with Crippen LogP contribution in [0.15, 0.2) is 9.95 Å². The molecule has 5 nitrogen and oxygen atoms in total. The molecule has 1 aromatic heterocycles. The predicted octanol–water partition coefficient (Wildman–Crippen LogP) is 0.667. The largest absolute Gasteiger partial charge is 0.343 e. The van der Waals surface area contributed by atoms with Crippen molar-refractivity contribution in [1.29, 1.82) is 0 Å². The molecule has 1 rings (SSSR count). The Morgan fingerprint density at radius 3 is 2.80 bits per heavy atom. The molecular formula is C9H18N4OS. The van der Waals surface area contributed by atoms with Crippen LogP contribution in [0.25, 0.3) is 0 Å². The first kappa shape index (κ1) is 12.3. The van der Waals surface area contributed by atoms with Crippen molar-refractivity contribution < 1.29 is 0 Å². The normalized spacial score (nSPS) is 13.4. The molecule has 0 bridgehead atoms. The molecular weight excluding hydrogens is 212 g/mol. The third-order valence-electron chi connectivity index (χ3n) is 2.30. The van der Waals surface area contributed by atoms with E-state index >= 15 is 0 Å². The van der Waals surface area contributed by atoms with Crippen LogP contribution in [0.2, 0.25) is 0 Å². The second-order valence-electron chi connectivity index (χ2n) is 3.77. The molecule has 86 valence electrons. The first-order chi connectivity index (χ1) is 7.06. The molecule has 0 spiro atoms. The average molecular weight is 230 g/mol. The van der Waals surface area contributed by atoms with Gasteiger partial charge < -0.3 is 5.73 Å². The Morgan fingerprint density at radius 1 is 1.60 bits per heavy atom. The number of aromatic amines is 1. The first-order valence-electron chi connectivity index (χ1n) is 5.09. The monoisotopic (exact) mass is 230 g/mol. The molecule has 1 unspecified atom stereocenters. The topological polar surface area (TPSA) is 76.7 Å². The predicted molar refractivity (Wildman–Crippen MR) is 62.1 cm³/mol. The summed E-state index contributed by atoms with van der Waals surface area (Å²) in [6.45, 7) is 6.73. The van der Waals surface area contributed by atoms with Gasteiger partial charge in [0.25, 0.3) is 0 Å². The number of aromatic nitrogens is 3. The Bertz CT molecular complexity index is 357. The van der Waals surface area contributed by atoms with Gasteiger partial charge in [0.2, 0.25) is 0 Å². The molecule has 1 heterocycles. The SMILES string of the molecule is CCn1c(SCC(N)C(C)C)n[nH]c1=O. The molecule has 0 aliphatic rings. The molecule has 1 atom stereocenters. The van der Waals surface area contributed by atoms with E-state index in [2.05, 4.69) is 24.0 Å². The molecule has 0 amide bonds. The molecule has 0 saturated heterocycles. The highest BCUT2D eigenvalue weighted by atomic mass is 32.2. The fourth-order valence-corrected chi connectivity index (χ4v) is 2.26. The Labute approximate surface area is 93.4 Å². The van der Waals surface area contributed by atoms with E-state index in [0.717, 1.165) is 10.9 Å². The third kappa shape index (κ3) is 3.10. The van der Waals surface area contributed by atoms with Crippen LogP contribution in [0.5, 0.6) is 0 Å². The summed E-state index contributed by atoms with van der Waals surface area (Å²) in [5.74, 6) is 1.22. The summed E-state index contributed by atoms with van der Waals surface area (Å²) in [5.41, 5.74) is 5.76. The molecule has 0 fully saturated rings. The minimum Gasteiger partial charge on any atom is -0.327 e. The third-order valence-corrected chi connectivity index (χ3v) is 3.42. The second kappa shape index (κ2) is 5.37. The lowest BCUT2D eigenvalue weighted by atomic mass is 10.1. The Morgan fingerprint density at radius 2 is 2.27 bits per heavy atom. The van der Waals surface area contributed by atoms with Gasteiger partial charge in [-0.05, 0) is 12.8 Å². The summed E-state index contributed by atoms with van der Waals surface area (Å²) < 4.78 is 1.61. The molecule has 6 heteroatoms. The summed E-state index contributed by atoms with van der Waals surface area (Å²) in [4.78, 5) is 11.2. The minimum atomic E-state index is -0.155. The van der Waals surface area contributed by atoms with Crippen molar-refractivity contribution in [3.05, 3.63) is 10.5 Å². The standard InChI is InChI=1S/C9H18N4OS/c1-4-13-8(14)11-12-9(13)15-5-7(10)6(2)3/h6-7H,4-5,10H2,1-3H3,(H,11,14). The number of nitrogens with one attached hydrogen (secondary N) is 1. The smallest absolute Gasteiger partial charge is 0.327 e. The van der Waals surface area contributed by atoms with Gasteiger partial charge >= 0.3 is 5.69 Å². The van der Waals surface area contributed by atoms with E-state index in [1.54, 1.807) is 4.57 Å². The quantitative estimate of drug-likeness (QED) is 0.729. The minimum absolute atomic E-state index is 0.132. The van der Waals surface area contributed by atoms with Crippen LogP contribution in [0, 0.1) is 5.92 Å². The Kier molecular flexibility index (Phi) is 4.41. The lowest BCUT2D eigenvalue weighted by Crippen LogP contribution is -2.29. The summed E-state index contributed by atoms with van der Waals surface area (Å²) in [5, 5.41) is 7.11. The first-order valence-corrected chi connectivity index (χ1v) is 6.08. The fourth-order valence-electron chi connectivity index (χ4n) is 1.06. The number of hydrogen-bond donors (Lipinski definition) is 2. The summed E-state index contributed by atoms with van der Waals surface area (Å²) >= 11 is 1.52. The number of nitrogens with two attached hydrogens (primary N) is 1. The summed E-state index contributed by atoms with van der Waals surface area (Å²) in [6.07, 6.45) is 0. The van der Waals surface area contributed by atoms with Crippen molar-refractivity contribution in [2.24, 2.45) is 11.7 Å². The van der Waals surface area contributed by atoms with Crippen LogP contribution in [0.4, 0.5) is 0 Å². The van der Waals surface area contributed by atoms with E-state index in [9.17, 15) is 4.79 Å². The maximum absolute atomic E-state index is 11.2. The van der Waals surface area contributed by atoms with Crippen LogP contribution in [-0.2, 0) is 6.54 Å². The molecule has 0 saturated carbocycles. The second-order valence-corrected chi connectivity index (χ2v) is 4.76. The van der Waals surface area contributed by atoms with Crippen molar-refractivity contribution in [3.8, 4) is 0 Å². The Balaban J connectivity index is 2.61. The zero-order valence-electron chi connectivity index (χ0n) is 9.36. The van der Waals surface area contributed by atoms with E-state index < -0.39 is 0 Å². The van der Waals surface area contributed by atoms with E-state index in [-0.39, 0.29) is 11.7 Å². The van der Waals surface area contributed by atoms with Gasteiger partial charge in [0, 0.05) is 18.3 Å². The van der Waals surface area contributed by atoms with Gasteiger partial charge in [-0.3, -0.25) is 4.57 Å². The molecule has 15 heavy (non-hydrogen) atoms. The van der Waals surface area contributed by atoms with Crippen molar-refractivity contribution in [2.75, 3.05) is 5.75 Å². The molecule has 1 aromatic rings. The molecule has 0 radical (unpaired) electrons. The number of hydrogen-bond acceptors (Lipinski definition) is 4. The average Bonchev–Trinajstić information content (AvgIpc) is 2.55. The van der Waals surface area contributed by atoms with Crippen LogP contribution in [0.1, 0.15) is 20.8 Å².